The van der Waals surface area contributed by atoms with E-state index >= 15 is 0 Å². The lowest BCUT2D eigenvalue weighted by Gasteiger charge is -2.28. The van der Waals surface area contributed by atoms with Crippen LogP contribution in [0, 0.1) is 5.92 Å². The van der Waals surface area contributed by atoms with E-state index in [1.807, 2.05) is 0 Å². The Hall–Kier alpha value is -0.820. The average molecular weight is 353 g/mol. The standard InChI is InChI=1S/C13H16BrF3N2O/c14-9-5-10(13(15,16)17)12(19-7-9)18-6-8-3-1-2-4-11(8)20/h5,7-8,11,20H,1-4,6H2,(H,18,19). The molecule has 1 heterocycles. The summed E-state index contributed by atoms with van der Waals surface area (Å²) in [5.74, 6) is -0.200. The second kappa shape index (κ2) is 6.30. The monoisotopic (exact) mass is 352 g/mol. The van der Waals surface area contributed by atoms with E-state index in [1.165, 1.54) is 6.20 Å². The van der Waals surface area contributed by atoms with E-state index in [1.54, 1.807) is 0 Å². The van der Waals surface area contributed by atoms with Crippen LogP contribution >= 0.6 is 15.9 Å². The third-order valence-electron chi connectivity index (χ3n) is 3.56. The van der Waals surface area contributed by atoms with Crippen LogP contribution in [-0.2, 0) is 6.18 Å². The normalized spacial score (nSPS) is 23.6. The quantitative estimate of drug-likeness (QED) is 0.868. The van der Waals surface area contributed by atoms with Crippen molar-refractivity contribution in [2.75, 3.05) is 11.9 Å². The van der Waals surface area contributed by atoms with Gasteiger partial charge < -0.3 is 10.4 Å². The Bertz CT molecular complexity index is 467. The summed E-state index contributed by atoms with van der Waals surface area (Å²) in [6.45, 7) is 0.304. The molecule has 112 valence electrons. The van der Waals surface area contributed by atoms with Crippen molar-refractivity contribution < 1.29 is 18.3 Å². The van der Waals surface area contributed by atoms with Gasteiger partial charge in [0.2, 0.25) is 0 Å². The predicted octanol–water partition coefficient (Wildman–Crippen LogP) is 3.83. The molecule has 0 aliphatic heterocycles. The smallest absolute Gasteiger partial charge is 0.393 e. The van der Waals surface area contributed by atoms with Crippen LogP contribution in [0.15, 0.2) is 16.7 Å². The molecule has 1 aliphatic rings. The van der Waals surface area contributed by atoms with Gasteiger partial charge in [0.25, 0.3) is 0 Å². The highest BCUT2D eigenvalue weighted by molar-refractivity contribution is 9.10. The first-order valence-electron chi connectivity index (χ1n) is 6.52. The van der Waals surface area contributed by atoms with Gasteiger partial charge in [-0.25, -0.2) is 4.98 Å². The molecule has 2 unspecified atom stereocenters. The van der Waals surface area contributed by atoms with Crippen molar-refractivity contribution in [1.29, 1.82) is 0 Å². The average Bonchev–Trinajstić information content (AvgIpc) is 2.38. The van der Waals surface area contributed by atoms with Gasteiger partial charge in [-0.15, -0.1) is 0 Å². The molecule has 1 saturated carbocycles. The number of hydrogen-bond donors (Lipinski definition) is 2. The van der Waals surface area contributed by atoms with Crippen molar-refractivity contribution in [3.63, 3.8) is 0 Å². The molecule has 2 atom stereocenters. The van der Waals surface area contributed by atoms with Crippen LogP contribution in [0.25, 0.3) is 0 Å². The number of nitrogens with one attached hydrogen (secondary N) is 1. The molecule has 1 fully saturated rings. The van der Waals surface area contributed by atoms with Gasteiger partial charge in [-0.2, -0.15) is 13.2 Å². The molecular formula is C13H16BrF3N2O. The molecule has 20 heavy (non-hydrogen) atoms. The lowest BCUT2D eigenvalue weighted by Crippen LogP contribution is -2.31. The van der Waals surface area contributed by atoms with Gasteiger partial charge in [0.1, 0.15) is 5.82 Å². The molecule has 0 amide bonds. The number of halogens is 4. The van der Waals surface area contributed by atoms with Crippen molar-refractivity contribution in [3.8, 4) is 0 Å². The van der Waals surface area contributed by atoms with Crippen molar-refractivity contribution in [1.82, 2.24) is 4.98 Å². The second-order valence-corrected chi connectivity index (χ2v) is 5.96. The molecule has 2 rings (SSSR count). The summed E-state index contributed by atoms with van der Waals surface area (Å²) in [5, 5.41) is 12.6. The van der Waals surface area contributed by atoms with E-state index in [2.05, 4.69) is 26.2 Å². The van der Waals surface area contributed by atoms with E-state index < -0.39 is 17.8 Å². The van der Waals surface area contributed by atoms with Crippen LogP contribution in [0.2, 0.25) is 0 Å². The minimum Gasteiger partial charge on any atom is -0.393 e. The van der Waals surface area contributed by atoms with Gasteiger partial charge in [0.05, 0.1) is 11.7 Å². The van der Waals surface area contributed by atoms with Crippen LogP contribution in [0.4, 0.5) is 19.0 Å². The van der Waals surface area contributed by atoms with Crippen molar-refractivity contribution in [2.24, 2.45) is 5.92 Å². The Labute approximate surface area is 123 Å². The molecule has 2 N–H and O–H groups in total. The maximum Gasteiger partial charge on any atom is 0.419 e. The molecule has 1 aromatic rings. The number of alkyl halides is 3. The third kappa shape index (κ3) is 3.85. The fourth-order valence-corrected chi connectivity index (χ4v) is 2.78. The molecule has 1 aliphatic carbocycles. The van der Waals surface area contributed by atoms with Gasteiger partial charge in [-0.1, -0.05) is 12.8 Å². The Morgan fingerprint density at radius 1 is 1.35 bits per heavy atom. The van der Waals surface area contributed by atoms with E-state index in [0.29, 0.717) is 13.0 Å². The topological polar surface area (TPSA) is 45.1 Å². The summed E-state index contributed by atoms with van der Waals surface area (Å²) < 4.78 is 39.0. The van der Waals surface area contributed by atoms with Crippen LogP contribution in [0.1, 0.15) is 31.2 Å². The van der Waals surface area contributed by atoms with Crippen LogP contribution < -0.4 is 5.32 Å². The summed E-state index contributed by atoms with van der Waals surface area (Å²) in [6.07, 6.45) is -0.0519. The zero-order valence-corrected chi connectivity index (χ0v) is 12.3. The number of aliphatic hydroxyl groups excluding tert-OH is 1. The Kier molecular flexibility index (Phi) is 4.90. The first-order chi connectivity index (χ1) is 9.38. The van der Waals surface area contributed by atoms with Crippen LogP contribution in [-0.4, -0.2) is 22.7 Å². The highest BCUT2D eigenvalue weighted by Gasteiger charge is 2.35. The largest absolute Gasteiger partial charge is 0.419 e. The zero-order chi connectivity index (χ0) is 14.8. The Morgan fingerprint density at radius 2 is 2.05 bits per heavy atom. The third-order valence-corrected chi connectivity index (χ3v) is 3.99. The second-order valence-electron chi connectivity index (χ2n) is 5.04. The van der Waals surface area contributed by atoms with E-state index in [4.69, 9.17) is 0 Å². The highest BCUT2D eigenvalue weighted by atomic mass is 79.9. The summed E-state index contributed by atoms with van der Waals surface area (Å²) in [4.78, 5) is 3.79. The zero-order valence-electron chi connectivity index (χ0n) is 10.8. The van der Waals surface area contributed by atoms with Crippen molar-refractivity contribution >= 4 is 21.7 Å². The van der Waals surface area contributed by atoms with E-state index in [-0.39, 0.29) is 16.2 Å². The van der Waals surface area contributed by atoms with Crippen LogP contribution in [0.5, 0.6) is 0 Å². The molecular weight excluding hydrogens is 337 g/mol. The first-order valence-corrected chi connectivity index (χ1v) is 7.32. The maximum absolute atomic E-state index is 12.9. The van der Waals surface area contributed by atoms with Gasteiger partial charge in [0, 0.05) is 23.1 Å². The molecule has 0 spiro atoms. The fourth-order valence-electron chi connectivity index (χ4n) is 2.45. The number of aromatic nitrogens is 1. The lowest BCUT2D eigenvalue weighted by atomic mass is 9.86. The van der Waals surface area contributed by atoms with E-state index in [0.717, 1.165) is 25.3 Å². The van der Waals surface area contributed by atoms with Gasteiger partial charge in [-0.3, -0.25) is 0 Å². The number of anilines is 1. The number of hydrogen-bond acceptors (Lipinski definition) is 3. The molecule has 0 saturated heterocycles. The van der Waals surface area contributed by atoms with Gasteiger partial charge in [-0.05, 0) is 34.8 Å². The molecule has 0 bridgehead atoms. The first kappa shape index (κ1) is 15.6. The fraction of sp³-hybridized carbons (Fsp3) is 0.615. The summed E-state index contributed by atoms with van der Waals surface area (Å²) in [5.41, 5.74) is -0.794. The number of pyridine rings is 1. The van der Waals surface area contributed by atoms with Gasteiger partial charge >= 0.3 is 6.18 Å². The number of rotatable bonds is 3. The number of aliphatic hydroxyl groups is 1. The predicted molar refractivity (Wildman–Crippen MR) is 73.4 cm³/mol. The maximum atomic E-state index is 12.9. The molecule has 3 nitrogen and oxygen atoms in total. The Balaban J connectivity index is 2.09. The minimum atomic E-state index is -4.45. The SMILES string of the molecule is OC1CCCCC1CNc1ncc(Br)cc1C(F)(F)F. The number of nitrogens with zero attached hydrogens (tertiary/aromatic N) is 1. The minimum absolute atomic E-state index is 0.0183. The van der Waals surface area contributed by atoms with Crippen LogP contribution in [0.3, 0.4) is 0 Å². The Morgan fingerprint density at radius 3 is 2.70 bits per heavy atom. The van der Waals surface area contributed by atoms with Crippen molar-refractivity contribution in [3.05, 3.63) is 22.3 Å². The van der Waals surface area contributed by atoms with Gasteiger partial charge in [0.15, 0.2) is 0 Å². The van der Waals surface area contributed by atoms with Crippen molar-refractivity contribution in [2.45, 2.75) is 38.0 Å². The molecule has 1 aromatic heterocycles. The summed E-state index contributed by atoms with van der Waals surface area (Å²) in [7, 11) is 0. The lowest BCUT2D eigenvalue weighted by molar-refractivity contribution is -0.137. The highest BCUT2D eigenvalue weighted by Crippen LogP contribution is 2.35. The summed E-state index contributed by atoms with van der Waals surface area (Å²) in [6, 6.07) is 1.01. The molecule has 7 heteroatoms. The summed E-state index contributed by atoms with van der Waals surface area (Å²) >= 11 is 3.00. The van der Waals surface area contributed by atoms with E-state index in [9.17, 15) is 18.3 Å². The molecule has 0 aromatic carbocycles. The molecule has 0 radical (unpaired) electrons.